The summed E-state index contributed by atoms with van der Waals surface area (Å²) in [5.41, 5.74) is 3.48. The van der Waals surface area contributed by atoms with Gasteiger partial charge in [0.2, 0.25) is 5.91 Å². The third-order valence-electron chi connectivity index (χ3n) is 4.60. The van der Waals surface area contributed by atoms with E-state index >= 15 is 0 Å². The molecule has 28 heavy (non-hydrogen) atoms. The maximum atomic E-state index is 12.4. The number of rotatable bonds is 8. The molecule has 0 bridgehead atoms. The molecule has 5 nitrogen and oxygen atoms in total. The number of hydrogen-bond donors (Lipinski definition) is 1. The topological polar surface area (TPSA) is 59.8 Å². The van der Waals surface area contributed by atoms with Crippen LogP contribution in [0.2, 0.25) is 0 Å². The van der Waals surface area contributed by atoms with Gasteiger partial charge in [0.25, 0.3) is 0 Å². The quantitative estimate of drug-likeness (QED) is 0.584. The van der Waals surface area contributed by atoms with E-state index in [1.54, 1.807) is 0 Å². The highest BCUT2D eigenvalue weighted by atomic mass is 32.2. The summed E-state index contributed by atoms with van der Waals surface area (Å²) in [6.07, 6.45) is 1.87. The van der Waals surface area contributed by atoms with Crippen molar-refractivity contribution in [3.05, 3.63) is 71.5 Å². The SMILES string of the molecule is Cc1ccccc1-n1c(C)nnc1SCC(=O)N[C@@H](C)CCc1ccccc1. The molecule has 146 valence electrons. The number of nitrogens with zero attached hydrogens (tertiary/aromatic N) is 3. The number of carbonyl (C=O) groups is 1. The molecule has 2 aromatic carbocycles. The van der Waals surface area contributed by atoms with Crippen LogP contribution in [0, 0.1) is 13.8 Å². The first-order valence-corrected chi connectivity index (χ1v) is 10.5. The van der Waals surface area contributed by atoms with E-state index < -0.39 is 0 Å². The lowest BCUT2D eigenvalue weighted by atomic mass is 10.1. The Hall–Kier alpha value is -2.60. The first-order valence-electron chi connectivity index (χ1n) is 9.48. The van der Waals surface area contributed by atoms with E-state index in [-0.39, 0.29) is 11.9 Å². The summed E-state index contributed by atoms with van der Waals surface area (Å²) in [6.45, 7) is 6.03. The predicted octanol–water partition coefficient (Wildman–Crippen LogP) is 4.11. The number of thioether (sulfide) groups is 1. The van der Waals surface area contributed by atoms with E-state index in [1.807, 2.05) is 54.8 Å². The highest BCUT2D eigenvalue weighted by Gasteiger charge is 2.15. The molecule has 0 fully saturated rings. The predicted molar refractivity (Wildman–Crippen MR) is 114 cm³/mol. The molecule has 1 atom stereocenters. The van der Waals surface area contributed by atoms with Gasteiger partial charge in [-0.3, -0.25) is 9.36 Å². The number of hydrogen-bond acceptors (Lipinski definition) is 4. The maximum absolute atomic E-state index is 12.4. The van der Waals surface area contributed by atoms with Crippen LogP contribution in [-0.4, -0.2) is 32.5 Å². The molecule has 3 aromatic rings. The lowest BCUT2D eigenvalue weighted by molar-refractivity contribution is -0.119. The maximum Gasteiger partial charge on any atom is 0.230 e. The lowest BCUT2D eigenvalue weighted by Gasteiger charge is -2.14. The van der Waals surface area contributed by atoms with Crippen LogP contribution in [0.25, 0.3) is 5.69 Å². The molecule has 3 rings (SSSR count). The zero-order chi connectivity index (χ0) is 19.9. The standard InChI is InChI=1S/C22H26N4OS/c1-16-9-7-8-12-20(16)26-18(3)24-25-22(26)28-15-21(27)23-17(2)13-14-19-10-5-4-6-11-19/h4-12,17H,13-15H2,1-3H3,(H,23,27)/t17-/m0/s1. The zero-order valence-corrected chi connectivity index (χ0v) is 17.4. The van der Waals surface area contributed by atoms with Crippen molar-refractivity contribution >= 4 is 17.7 Å². The summed E-state index contributed by atoms with van der Waals surface area (Å²) in [5.74, 6) is 1.15. The van der Waals surface area contributed by atoms with E-state index in [9.17, 15) is 4.79 Å². The van der Waals surface area contributed by atoms with E-state index in [2.05, 4.69) is 40.6 Å². The second kappa shape index (κ2) is 9.55. The van der Waals surface area contributed by atoms with Gasteiger partial charge in [0.15, 0.2) is 5.16 Å². The van der Waals surface area contributed by atoms with Gasteiger partial charge in [-0.25, -0.2) is 0 Å². The van der Waals surface area contributed by atoms with Gasteiger partial charge < -0.3 is 5.32 Å². The summed E-state index contributed by atoms with van der Waals surface area (Å²) in [4.78, 5) is 12.4. The highest BCUT2D eigenvalue weighted by Crippen LogP contribution is 2.23. The summed E-state index contributed by atoms with van der Waals surface area (Å²) in [7, 11) is 0. The molecule has 1 amide bonds. The van der Waals surface area contributed by atoms with E-state index in [1.165, 1.54) is 17.3 Å². The highest BCUT2D eigenvalue weighted by molar-refractivity contribution is 7.99. The molecule has 0 spiro atoms. The Bertz CT molecular complexity index is 923. The van der Waals surface area contributed by atoms with Gasteiger partial charge in [0.1, 0.15) is 5.82 Å². The first-order chi connectivity index (χ1) is 13.5. The third kappa shape index (κ3) is 5.23. The summed E-state index contributed by atoms with van der Waals surface area (Å²) in [5, 5.41) is 12.3. The lowest BCUT2D eigenvalue weighted by Crippen LogP contribution is -2.34. The van der Waals surface area contributed by atoms with Crippen LogP contribution < -0.4 is 5.32 Å². The van der Waals surface area contributed by atoms with Crippen LogP contribution in [0.5, 0.6) is 0 Å². The van der Waals surface area contributed by atoms with Crippen LogP contribution in [-0.2, 0) is 11.2 Å². The Kier molecular flexibility index (Phi) is 6.87. The van der Waals surface area contributed by atoms with E-state index in [0.29, 0.717) is 5.75 Å². The van der Waals surface area contributed by atoms with Crippen LogP contribution in [0.15, 0.2) is 59.8 Å². The van der Waals surface area contributed by atoms with Gasteiger partial charge in [-0.2, -0.15) is 0 Å². The van der Waals surface area contributed by atoms with Gasteiger partial charge in [0, 0.05) is 6.04 Å². The van der Waals surface area contributed by atoms with E-state index in [0.717, 1.165) is 35.1 Å². The number of carbonyl (C=O) groups excluding carboxylic acids is 1. The van der Waals surface area contributed by atoms with Crippen LogP contribution in [0.4, 0.5) is 0 Å². The average Bonchev–Trinajstić information content (AvgIpc) is 3.06. The Morgan fingerprint density at radius 2 is 1.79 bits per heavy atom. The van der Waals surface area contributed by atoms with Gasteiger partial charge >= 0.3 is 0 Å². The molecule has 0 unspecified atom stereocenters. The molecule has 0 saturated carbocycles. The fourth-order valence-corrected chi connectivity index (χ4v) is 3.88. The second-order valence-electron chi connectivity index (χ2n) is 6.93. The summed E-state index contributed by atoms with van der Waals surface area (Å²) < 4.78 is 2.01. The van der Waals surface area contributed by atoms with Crippen molar-refractivity contribution in [2.24, 2.45) is 0 Å². The van der Waals surface area contributed by atoms with Crippen LogP contribution in [0.1, 0.15) is 30.3 Å². The Morgan fingerprint density at radius 1 is 1.07 bits per heavy atom. The third-order valence-corrected chi connectivity index (χ3v) is 5.53. The Balaban J connectivity index is 1.54. The van der Waals surface area contributed by atoms with Gasteiger partial charge in [0.05, 0.1) is 11.4 Å². The van der Waals surface area contributed by atoms with E-state index in [4.69, 9.17) is 0 Å². The summed E-state index contributed by atoms with van der Waals surface area (Å²) >= 11 is 1.41. The number of nitrogens with one attached hydrogen (secondary N) is 1. The van der Waals surface area contributed by atoms with Crippen LogP contribution >= 0.6 is 11.8 Å². The van der Waals surface area contributed by atoms with Gasteiger partial charge in [-0.15, -0.1) is 10.2 Å². The van der Waals surface area contributed by atoms with Crippen LogP contribution in [0.3, 0.4) is 0 Å². The van der Waals surface area contributed by atoms with Crippen molar-refractivity contribution in [1.82, 2.24) is 20.1 Å². The number of amides is 1. The van der Waals surface area contributed by atoms with Crippen molar-refractivity contribution in [3.63, 3.8) is 0 Å². The minimum atomic E-state index is 0.0162. The largest absolute Gasteiger partial charge is 0.353 e. The molecular formula is C22H26N4OS. The van der Waals surface area contributed by atoms with Crippen molar-refractivity contribution in [2.45, 2.75) is 44.8 Å². The first kappa shape index (κ1) is 20.1. The number of para-hydroxylation sites is 1. The molecule has 1 heterocycles. The summed E-state index contributed by atoms with van der Waals surface area (Å²) in [6, 6.07) is 18.6. The molecule has 1 N–H and O–H groups in total. The smallest absolute Gasteiger partial charge is 0.230 e. The Morgan fingerprint density at radius 3 is 2.54 bits per heavy atom. The molecule has 6 heteroatoms. The number of aryl methyl sites for hydroxylation is 3. The molecule has 0 aliphatic rings. The molecule has 0 aliphatic carbocycles. The number of benzene rings is 2. The normalized spacial score (nSPS) is 12.0. The van der Waals surface area contributed by atoms with Crippen molar-refractivity contribution in [3.8, 4) is 5.69 Å². The average molecular weight is 395 g/mol. The monoisotopic (exact) mass is 394 g/mol. The minimum absolute atomic E-state index is 0.0162. The second-order valence-corrected chi connectivity index (χ2v) is 7.88. The molecule has 0 saturated heterocycles. The van der Waals surface area contributed by atoms with Gasteiger partial charge in [-0.05, 0) is 50.8 Å². The minimum Gasteiger partial charge on any atom is -0.353 e. The molecular weight excluding hydrogens is 368 g/mol. The molecule has 0 aliphatic heterocycles. The number of aromatic nitrogens is 3. The Labute approximate surface area is 170 Å². The zero-order valence-electron chi connectivity index (χ0n) is 16.6. The van der Waals surface area contributed by atoms with Crippen molar-refractivity contribution in [1.29, 1.82) is 0 Å². The van der Waals surface area contributed by atoms with Crippen molar-refractivity contribution < 1.29 is 4.79 Å². The fraction of sp³-hybridized carbons (Fsp3) is 0.318. The molecule has 1 aromatic heterocycles. The van der Waals surface area contributed by atoms with Crippen molar-refractivity contribution in [2.75, 3.05) is 5.75 Å². The fourth-order valence-electron chi connectivity index (χ4n) is 3.07. The molecule has 0 radical (unpaired) electrons. The van der Waals surface area contributed by atoms with Gasteiger partial charge in [-0.1, -0.05) is 60.3 Å².